The average Bonchev–Trinajstić information content (AvgIpc) is 3.04. The van der Waals surface area contributed by atoms with Crippen LogP contribution >= 0.6 is 0 Å². The van der Waals surface area contributed by atoms with E-state index in [1.54, 1.807) is 5.57 Å². The summed E-state index contributed by atoms with van der Waals surface area (Å²) in [5.41, 5.74) is 1.81. The monoisotopic (exact) mass is 443 g/mol. The first-order chi connectivity index (χ1) is 14.9. The molecular weight excluding hydrogens is 396 g/mol. The Hall–Kier alpha value is -0.830. The molecule has 0 aromatic carbocycles. The molecule has 0 radical (unpaired) electrons. The Morgan fingerprint density at radius 2 is 1.94 bits per heavy atom. The van der Waals surface area contributed by atoms with E-state index in [1.807, 2.05) is 13.8 Å². The number of fused-ring (bicyclic) bond motifs is 5. The Morgan fingerprint density at radius 1 is 1.19 bits per heavy atom. The Balaban J connectivity index is 1.45. The van der Waals surface area contributed by atoms with Crippen LogP contribution in [0.2, 0.25) is 0 Å². The molecule has 1 N–H and O–H groups in total. The van der Waals surface area contributed by atoms with Gasteiger partial charge in [-0.15, -0.1) is 0 Å². The normalized spacial score (nSPS) is 42.4. The van der Waals surface area contributed by atoms with Crippen LogP contribution in [0.5, 0.6) is 0 Å². The van der Waals surface area contributed by atoms with Crippen LogP contribution in [0.1, 0.15) is 112 Å². The van der Waals surface area contributed by atoms with Crippen LogP contribution < -0.4 is 5.11 Å². The van der Waals surface area contributed by atoms with Crippen LogP contribution in [-0.4, -0.2) is 16.7 Å². The van der Waals surface area contributed by atoms with Gasteiger partial charge in [-0.3, -0.25) is 0 Å². The molecule has 3 nitrogen and oxygen atoms in total. The van der Waals surface area contributed by atoms with Crippen molar-refractivity contribution in [1.29, 1.82) is 0 Å². The minimum absolute atomic E-state index is 0.231. The molecule has 0 amide bonds. The lowest BCUT2D eigenvalue weighted by Crippen LogP contribution is -2.50. The van der Waals surface area contributed by atoms with Crippen molar-refractivity contribution in [3.63, 3.8) is 0 Å². The van der Waals surface area contributed by atoms with Gasteiger partial charge in [0.15, 0.2) is 0 Å². The fraction of sp³-hybridized carbons (Fsp3) is 0.897. The fourth-order valence-corrected chi connectivity index (χ4v) is 9.18. The van der Waals surface area contributed by atoms with E-state index in [0.717, 1.165) is 61.7 Å². The van der Waals surface area contributed by atoms with Crippen molar-refractivity contribution in [3.05, 3.63) is 11.6 Å². The first-order valence-corrected chi connectivity index (χ1v) is 13.6. The van der Waals surface area contributed by atoms with E-state index in [2.05, 4.69) is 26.8 Å². The van der Waals surface area contributed by atoms with Crippen molar-refractivity contribution < 1.29 is 15.0 Å². The molecule has 4 aliphatic rings. The van der Waals surface area contributed by atoms with Crippen LogP contribution in [0, 0.1) is 46.3 Å². The molecule has 0 bridgehead atoms. The lowest BCUT2D eigenvalue weighted by atomic mass is 9.46. The maximum absolute atomic E-state index is 11.2. The van der Waals surface area contributed by atoms with Gasteiger partial charge in [0.05, 0.1) is 5.60 Å². The molecule has 8 atom stereocenters. The van der Waals surface area contributed by atoms with Crippen LogP contribution in [0.4, 0.5) is 0 Å². The number of hydrogen-bond acceptors (Lipinski definition) is 3. The summed E-state index contributed by atoms with van der Waals surface area (Å²) in [4.78, 5) is 11.2. The van der Waals surface area contributed by atoms with Crippen molar-refractivity contribution in [2.45, 2.75) is 117 Å². The highest BCUT2D eigenvalue weighted by atomic mass is 16.4. The molecule has 4 aliphatic carbocycles. The zero-order chi connectivity index (χ0) is 23.3. The van der Waals surface area contributed by atoms with Gasteiger partial charge in [0.25, 0.3) is 0 Å². The number of hydrogen-bond donors (Lipinski definition) is 1. The number of carbonyl (C=O) groups excluding carboxylic acids is 1. The molecule has 0 aromatic rings. The molecule has 32 heavy (non-hydrogen) atoms. The number of carboxylic acid groups (broad SMARTS) is 1. The van der Waals surface area contributed by atoms with E-state index < -0.39 is 11.6 Å². The second-order valence-electron chi connectivity index (χ2n) is 13.4. The summed E-state index contributed by atoms with van der Waals surface area (Å²) in [6, 6.07) is 0. The van der Waals surface area contributed by atoms with Crippen molar-refractivity contribution in [2.75, 3.05) is 0 Å². The van der Waals surface area contributed by atoms with E-state index in [9.17, 15) is 15.0 Å². The second kappa shape index (κ2) is 8.75. The van der Waals surface area contributed by atoms with Gasteiger partial charge >= 0.3 is 0 Å². The number of aliphatic carboxylic acids is 1. The SMILES string of the molecule is C[C@H](CCCC(C)(C)O)[C@H]1CC[C@H]2[C@@H]3CC=C4C[C@@H](CC(=O)[O-])CC[C@]4(C)[C@H]3CC[C@]12C. The van der Waals surface area contributed by atoms with Gasteiger partial charge in [0, 0.05) is 5.97 Å². The second-order valence-corrected chi connectivity index (χ2v) is 13.4. The molecule has 0 unspecified atom stereocenters. The van der Waals surface area contributed by atoms with Gasteiger partial charge in [-0.05, 0) is 124 Å². The smallest absolute Gasteiger partial charge is 0.0591 e. The first kappa shape index (κ1) is 24.3. The molecule has 4 rings (SSSR count). The minimum Gasteiger partial charge on any atom is -0.550 e. The van der Waals surface area contributed by atoms with Gasteiger partial charge < -0.3 is 15.0 Å². The highest BCUT2D eigenvalue weighted by Gasteiger charge is 2.59. The van der Waals surface area contributed by atoms with Gasteiger partial charge in [-0.2, -0.15) is 0 Å². The van der Waals surface area contributed by atoms with Crippen molar-refractivity contribution in [3.8, 4) is 0 Å². The molecule has 0 spiro atoms. The number of allylic oxidation sites excluding steroid dienone is 2. The summed E-state index contributed by atoms with van der Waals surface area (Å²) in [6.07, 6.45) is 16.0. The summed E-state index contributed by atoms with van der Waals surface area (Å²) in [7, 11) is 0. The quantitative estimate of drug-likeness (QED) is 0.498. The summed E-state index contributed by atoms with van der Waals surface area (Å²) in [5, 5.41) is 21.3. The van der Waals surface area contributed by atoms with Gasteiger partial charge in [-0.1, -0.05) is 45.3 Å². The molecule has 0 aliphatic heterocycles. The van der Waals surface area contributed by atoms with Crippen molar-refractivity contribution in [1.82, 2.24) is 0 Å². The van der Waals surface area contributed by atoms with Crippen LogP contribution in [0.25, 0.3) is 0 Å². The van der Waals surface area contributed by atoms with Crippen LogP contribution in [0.3, 0.4) is 0 Å². The largest absolute Gasteiger partial charge is 0.550 e. The van der Waals surface area contributed by atoms with E-state index >= 15 is 0 Å². The van der Waals surface area contributed by atoms with Crippen molar-refractivity contribution in [2.24, 2.45) is 46.3 Å². The molecule has 3 heteroatoms. The van der Waals surface area contributed by atoms with E-state index in [-0.39, 0.29) is 12.3 Å². The lowest BCUT2D eigenvalue weighted by Gasteiger charge is -2.58. The molecule has 3 saturated carbocycles. The Labute approximate surface area is 196 Å². The highest BCUT2D eigenvalue weighted by Crippen LogP contribution is 2.67. The Morgan fingerprint density at radius 3 is 2.62 bits per heavy atom. The van der Waals surface area contributed by atoms with E-state index in [1.165, 1.54) is 38.5 Å². The Kier molecular flexibility index (Phi) is 6.64. The van der Waals surface area contributed by atoms with Crippen molar-refractivity contribution >= 4 is 5.97 Å². The fourth-order valence-electron chi connectivity index (χ4n) is 9.18. The number of rotatable bonds is 7. The third-order valence-electron chi connectivity index (χ3n) is 10.9. The molecular formula is C29H47O3-. The highest BCUT2D eigenvalue weighted by molar-refractivity contribution is 5.64. The summed E-state index contributed by atoms with van der Waals surface area (Å²) < 4.78 is 0. The summed E-state index contributed by atoms with van der Waals surface area (Å²) in [5.74, 6) is 3.42. The minimum atomic E-state index is -0.880. The average molecular weight is 444 g/mol. The predicted molar refractivity (Wildman–Crippen MR) is 128 cm³/mol. The molecule has 3 fully saturated rings. The zero-order valence-corrected chi connectivity index (χ0v) is 21.3. The number of aliphatic hydroxyl groups is 1. The lowest BCUT2D eigenvalue weighted by molar-refractivity contribution is -0.307. The summed E-state index contributed by atoms with van der Waals surface area (Å²) in [6.45, 7) is 11.5. The first-order valence-electron chi connectivity index (χ1n) is 13.6. The van der Waals surface area contributed by atoms with E-state index in [4.69, 9.17) is 0 Å². The molecule has 0 heterocycles. The van der Waals surface area contributed by atoms with Gasteiger partial charge in [-0.25, -0.2) is 0 Å². The third-order valence-corrected chi connectivity index (χ3v) is 10.9. The molecule has 0 aromatic heterocycles. The number of carbonyl (C=O) groups is 1. The van der Waals surface area contributed by atoms with Crippen LogP contribution in [0.15, 0.2) is 11.6 Å². The number of carboxylic acids is 1. The summed E-state index contributed by atoms with van der Waals surface area (Å²) >= 11 is 0. The standard InChI is InChI=1S/C29H48O3/c1-19(7-6-14-27(2,3)32)23-10-11-24-22-9-8-21-17-20(18-26(30)31)12-15-28(21,4)25(22)13-16-29(23,24)5/h8,19-20,22-25,32H,6-7,9-18H2,1-5H3,(H,30,31)/p-1/t19-,20+,22+,23-,24+,25+,28+,29-/m1/s1. The molecule has 0 saturated heterocycles. The maximum atomic E-state index is 11.2. The topological polar surface area (TPSA) is 60.4 Å². The van der Waals surface area contributed by atoms with Crippen LogP contribution in [-0.2, 0) is 4.79 Å². The zero-order valence-electron chi connectivity index (χ0n) is 21.3. The third kappa shape index (κ3) is 4.44. The van der Waals surface area contributed by atoms with Gasteiger partial charge in [0.1, 0.15) is 0 Å². The predicted octanol–water partition coefficient (Wildman–Crippen LogP) is 5.90. The maximum Gasteiger partial charge on any atom is 0.0591 e. The van der Waals surface area contributed by atoms with E-state index in [0.29, 0.717) is 10.8 Å². The molecule has 182 valence electrons. The Bertz CT molecular complexity index is 733. The van der Waals surface area contributed by atoms with Gasteiger partial charge in [0.2, 0.25) is 0 Å².